The number of ether oxygens (including phenoxy) is 1. The lowest BCUT2D eigenvalue weighted by Gasteiger charge is -2.40. The van der Waals surface area contributed by atoms with Crippen LogP contribution in [0.2, 0.25) is 0 Å². The highest BCUT2D eigenvalue weighted by Crippen LogP contribution is 2.34. The molecule has 3 N–H and O–H groups in total. The van der Waals surface area contributed by atoms with Crippen molar-refractivity contribution >= 4 is 15.7 Å². The van der Waals surface area contributed by atoms with Crippen LogP contribution in [0.3, 0.4) is 0 Å². The third-order valence-corrected chi connectivity index (χ3v) is 5.23. The summed E-state index contributed by atoms with van der Waals surface area (Å²) in [5, 5.41) is 0. The number of aryl methyl sites for hydroxylation is 1. The van der Waals surface area contributed by atoms with Gasteiger partial charge in [-0.15, -0.1) is 0 Å². The molecule has 7 heteroatoms. The Bertz CT molecular complexity index is 584. The van der Waals surface area contributed by atoms with Crippen molar-refractivity contribution in [2.75, 3.05) is 19.4 Å². The normalized spacial score (nSPS) is 17.8. The second-order valence-electron chi connectivity index (χ2n) is 5.21. The van der Waals surface area contributed by atoms with Crippen molar-refractivity contribution in [3.8, 4) is 0 Å². The lowest BCUT2D eigenvalue weighted by molar-refractivity contribution is -0.0659. The van der Waals surface area contributed by atoms with E-state index in [9.17, 15) is 12.8 Å². The zero-order valence-corrected chi connectivity index (χ0v) is 12.4. The molecule has 1 aliphatic rings. The van der Waals surface area contributed by atoms with Crippen molar-refractivity contribution in [3.05, 3.63) is 23.5 Å². The first kappa shape index (κ1) is 15.2. The van der Waals surface area contributed by atoms with Crippen LogP contribution in [0.5, 0.6) is 0 Å². The molecule has 2 rings (SSSR count). The highest BCUT2D eigenvalue weighted by Gasteiger charge is 2.38. The molecule has 0 aromatic heterocycles. The minimum absolute atomic E-state index is 0.0283. The van der Waals surface area contributed by atoms with Crippen LogP contribution in [0.4, 0.5) is 10.1 Å². The second kappa shape index (κ2) is 5.31. The first-order chi connectivity index (χ1) is 9.30. The Balaban J connectivity index is 2.18. The molecule has 0 radical (unpaired) electrons. The first-order valence-electron chi connectivity index (χ1n) is 6.40. The molecular weight excluding hydrogens is 283 g/mol. The lowest BCUT2D eigenvalue weighted by Crippen LogP contribution is -2.49. The van der Waals surface area contributed by atoms with Crippen LogP contribution in [0.15, 0.2) is 17.0 Å². The molecule has 1 aromatic rings. The van der Waals surface area contributed by atoms with E-state index < -0.39 is 21.4 Å². The Morgan fingerprint density at radius 1 is 1.45 bits per heavy atom. The van der Waals surface area contributed by atoms with E-state index in [-0.39, 0.29) is 22.7 Å². The monoisotopic (exact) mass is 302 g/mol. The highest BCUT2D eigenvalue weighted by molar-refractivity contribution is 7.89. The molecule has 0 amide bonds. The second-order valence-corrected chi connectivity index (χ2v) is 6.98. The molecule has 0 saturated heterocycles. The summed E-state index contributed by atoms with van der Waals surface area (Å²) in [5.41, 5.74) is 5.10. The summed E-state index contributed by atoms with van der Waals surface area (Å²) in [4.78, 5) is -0.0283. The molecule has 1 aliphatic carbocycles. The van der Waals surface area contributed by atoms with Gasteiger partial charge in [0.05, 0.1) is 16.2 Å². The molecule has 0 aliphatic heterocycles. The average Bonchev–Trinajstić information content (AvgIpc) is 2.34. The summed E-state index contributed by atoms with van der Waals surface area (Å²) in [6, 6.07) is 2.40. The van der Waals surface area contributed by atoms with Crippen molar-refractivity contribution in [3.63, 3.8) is 0 Å². The largest absolute Gasteiger partial charge is 0.396 e. The maximum absolute atomic E-state index is 13.4. The summed E-state index contributed by atoms with van der Waals surface area (Å²) >= 11 is 0. The first-order valence-corrected chi connectivity index (χ1v) is 7.88. The Morgan fingerprint density at radius 3 is 2.55 bits per heavy atom. The SMILES string of the molecule is COC1(CNS(=O)(=O)c2cc(C)c(F)c(N)c2)CCC1. The molecule has 0 heterocycles. The number of methoxy groups -OCH3 is 1. The van der Waals surface area contributed by atoms with Gasteiger partial charge in [-0.1, -0.05) is 0 Å². The number of nitrogen functional groups attached to an aromatic ring is 1. The van der Waals surface area contributed by atoms with Gasteiger partial charge in [-0.05, 0) is 43.9 Å². The third-order valence-electron chi connectivity index (χ3n) is 3.85. The summed E-state index contributed by atoms with van der Waals surface area (Å²) in [6.45, 7) is 1.69. The van der Waals surface area contributed by atoms with E-state index in [1.807, 2.05) is 0 Å². The Morgan fingerprint density at radius 2 is 2.10 bits per heavy atom. The fourth-order valence-electron chi connectivity index (χ4n) is 2.25. The summed E-state index contributed by atoms with van der Waals surface area (Å²) < 4.78 is 45.7. The number of sulfonamides is 1. The molecule has 0 bridgehead atoms. The van der Waals surface area contributed by atoms with Crippen LogP contribution in [0.1, 0.15) is 24.8 Å². The van der Waals surface area contributed by atoms with E-state index in [0.717, 1.165) is 25.3 Å². The molecule has 5 nitrogen and oxygen atoms in total. The average molecular weight is 302 g/mol. The highest BCUT2D eigenvalue weighted by atomic mass is 32.2. The molecule has 1 fully saturated rings. The Labute approximate surface area is 118 Å². The van der Waals surface area contributed by atoms with Gasteiger partial charge >= 0.3 is 0 Å². The number of hydrogen-bond acceptors (Lipinski definition) is 4. The van der Waals surface area contributed by atoms with Crippen molar-refractivity contribution in [2.45, 2.75) is 36.7 Å². The van der Waals surface area contributed by atoms with Crippen LogP contribution in [0.25, 0.3) is 0 Å². The number of halogens is 1. The van der Waals surface area contributed by atoms with E-state index in [4.69, 9.17) is 10.5 Å². The van der Waals surface area contributed by atoms with Crippen molar-refractivity contribution in [1.82, 2.24) is 4.72 Å². The molecule has 1 saturated carbocycles. The van der Waals surface area contributed by atoms with Crippen LogP contribution in [-0.4, -0.2) is 27.7 Å². The van der Waals surface area contributed by atoms with Crippen LogP contribution in [-0.2, 0) is 14.8 Å². The van der Waals surface area contributed by atoms with Crippen molar-refractivity contribution in [1.29, 1.82) is 0 Å². The van der Waals surface area contributed by atoms with Crippen LogP contribution < -0.4 is 10.5 Å². The van der Waals surface area contributed by atoms with Gasteiger partial charge < -0.3 is 10.5 Å². The zero-order chi connectivity index (χ0) is 15.0. The van der Waals surface area contributed by atoms with Gasteiger partial charge in [-0.3, -0.25) is 0 Å². The fraction of sp³-hybridized carbons (Fsp3) is 0.538. The van der Waals surface area contributed by atoms with Crippen molar-refractivity contribution < 1.29 is 17.5 Å². The molecule has 0 spiro atoms. The van der Waals surface area contributed by atoms with Gasteiger partial charge in [-0.2, -0.15) is 0 Å². The predicted octanol–water partition coefficient (Wildman–Crippen LogP) is 1.56. The minimum Gasteiger partial charge on any atom is -0.396 e. The van der Waals surface area contributed by atoms with E-state index in [1.165, 1.54) is 13.0 Å². The van der Waals surface area contributed by atoms with Gasteiger partial charge in [0.1, 0.15) is 5.82 Å². The molecular formula is C13H19FN2O3S. The number of nitrogens with two attached hydrogens (primary N) is 1. The van der Waals surface area contributed by atoms with Gasteiger partial charge in [-0.25, -0.2) is 17.5 Å². The Hall–Kier alpha value is -1.18. The number of rotatable bonds is 5. The van der Waals surface area contributed by atoms with Crippen LogP contribution >= 0.6 is 0 Å². The molecule has 112 valence electrons. The number of benzene rings is 1. The topological polar surface area (TPSA) is 81.4 Å². The van der Waals surface area contributed by atoms with E-state index in [1.54, 1.807) is 7.11 Å². The molecule has 0 atom stereocenters. The number of nitrogens with one attached hydrogen (secondary N) is 1. The fourth-order valence-corrected chi connectivity index (χ4v) is 3.49. The number of hydrogen-bond donors (Lipinski definition) is 2. The van der Waals surface area contributed by atoms with E-state index >= 15 is 0 Å². The zero-order valence-electron chi connectivity index (χ0n) is 11.6. The lowest BCUT2D eigenvalue weighted by atomic mass is 9.80. The summed E-state index contributed by atoms with van der Waals surface area (Å²) in [5.74, 6) is -0.587. The van der Waals surface area contributed by atoms with E-state index in [2.05, 4.69) is 4.72 Å². The third kappa shape index (κ3) is 2.79. The van der Waals surface area contributed by atoms with Gasteiger partial charge in [0.2, 0.25) is 10.0 Å². The maximum Gasteiger partial charge on any atom is 0.240 e. The van der Waals surface area contributed by atoms with Gasteiger partial charge in [0, 0.05) is 13.7 Å². The van der Waals surface area contributed by atoms with Gasteiger partial charge in [0.25, 0.3) is 0 Å². The molecule has 1 aromatic carbocycles. The smallest absolute Gasteiger partial charge is 0.240 e. The van der Waals surface area contributed by atoms with Crippen molar-refractivity contribution in [2.24, 2.45) is 0 Å². The predicted molar refractivity (Wildman–Crippen MR) is 74.3 cm³/mol. The maximum atomic E-state index is 13.4. The van der Waals surface area contributed by atoms with Crippen LogP contribution in [0, 0.1) is 12.7 Å². The van der Waals surface area contributed by atoms with E-state index in [0.29, 0.717) is 0 Å². The molecule has 0 unspecified atom stereocenters. The quantitative estimate of drug-likeness (QED) is 0.809. The standard InChI is InChI=1S/C13H19FN2O3S/c1-9-6-10(7-11(15)12(9)14)20(17,18)16-8-13(19-2)4-3-5-13/h6-7,16H,3-5,8,15H2,1-2H3. The van der Waals surface area contributed by atoms with Gasteiger partial charge in [0.15, 0.2) is 0 Å². The number of anilines is 1. The summed E-state index contributed by atoms with van der Waals surface area (Å²) in [6.07, 6.45) is 2.69. The minimum atomic E-state index is -3.72. The Kier molecular flexibility index (Phi) is 4.04. The molecule has 20 heavy (non-hydrogen) atoms. The summed E-state index contributed by atoms with van der Waals surface area (Å²) in [7, 11) is -2.14.